The first-order valence-electron chi connectivity index (χ1n) is 11.5. The molecule has 1 aliphatic carbocycles. The number of carbonyl (C=O) groups excluding carboxylic acids is 1. The van der Waals surface area contributed by atoms with Crippen LogP contribution in [0.2, 0.25) is 0 Å². The van der Waals surface area contributed by atoms with Crippen LogP contribution in [-0.4, -0.2) is 27.7 Å². The molecule has 0 bridgehead atoms. The number of ether oxygens (including phenoxy) is 1. The van der Waals surface area contributed by atoms with E-state index in [1.807, 2.05) is 32.2 Å². The molecule has 0 atom stereocenters. The molecule has 0 aliphatic heterocycles. The second-order valence-electron chi connectivity index (χ2n) is 9.63. The first-order valence-corrected chi connectivity index (χ1v) is 11.5. The van der Waals surface area contributed by atoms with Crippen LogP contribution in [0.3, 0.4) is 0 Å². The summed E-state index contributed by atoms with van der Waals surface area (Å²) in [6.45, 7) is 5.84. The van der Waals surface area contributed by atoms with Gasteiger partial charge in [-0.15, -0.1) is 10.2 Å². The molecule has 4 aromatic rings. The Labute approximate surface area is 194 Å². The number of rotatable bonds is 5. The molecule has 0 spiro atoms. The van der Waals surface area contributed by atoms with Crippen LogP contribution >= 0.6 is 0 Å². The van der Waals surface area contributed by atoms with Gasteiger partial charge in [0, 0.05) is 11.8 Å². The standard InChI is InChI=1S/C28H29N3O2/c1-19-8-10-20(11-9-19)21-12-14-22(15-13-21)28(16-6-17-28)25-30-29-24-23(7-5-18-31(24)25)27(2,3)26(32)33-4/h5,7-15,18H,6,16-17H2,1-4H3. The summed E-state index contributed by atoms with van der Waals surface area (Å²) in [6, 6.07) is 21.4. The van der Waals surface area contributed by atoms with Gasteiger partial charge in [0.15, 0.2) is 5.65 Å². The maximum Gasteiger partial charge on any atom is 0.315 e. The van der Waals surface area contributed by atoms with Crippen molar-refractivity contribution in [2.75, 3.05) is 7.11 Å². The van der Waals surface area contributed by atoms with Crippen LogP contribution in [0, 0.1) is 6.92 Å². The number of carbonyl (C=O) groups is 1. The molecular formula is C28H29N3O2. The largest absolute Gasteiger partial charge is 0.468 e. The molecule has 5 nitrogen and oxygen atoms in total. The summed E-state index contributed by atoms with van der Waals surface area (Å²) < 4.78 is 7.11. The van der Waals surface area contributed by atoms with Gasteiger partial charge in [0.1, 0.15) is 5.82 Å². The van der Waals surface area contributed by atoms with Gasteiger partial charge in [0.05, 0.1) is 17.9 Å². The van der Waals surface area contributed by atoms with Crippen LogP contribution in [0.15, 0.2) is 66.9 Å². The van der Waals surface area contributed by atoms with E-state index in [2.05, 4.69) is 70.1 Å². The molecule has 1 saturated carbocycles. The average Bonchev–Trinajstić information content (AvgIpc) is 3.23. The second kappa shape index (κ2) is 7.84. The molecule has 0 unspecified atom stereocenters. The summed E-state index contributed by atoms with van der Waals surface area (Å²) in [5.41, 5.74) is 5.50. The van der Waals surface area contributed by atoms with Gasteiger partial charge in [-0.3, -0.25) is 9.20 Å². The van der Waals surface area contributed by atoms with E-state index in [-0.39, 0.29) is 11.4 Å². The number of nitrogens with zero attached hydrogens (tertiary/aromatic N) is 3. The smallest absolute Gasteiger partial charge is 0.315 e. The first kappa shape index (κ1) is 21.4. The lowest BCUT2D eigenvalue weighted by Crippen LogP contribution is -2.37. The van der Waals surface area contributed by atoms with Gasteiger partial charge in [0.25, 0.3) is 0 Å². The number of fused-ring (bicyclic) bond motifs is 1. The van der Waals surface area contributed by atoms with E-state index in [1.165, 1.54) is 29.4 Å². The van der Waals surface area contributed by atoms with Crippen LogP contribution in [0.1, 0.15) is 55.6 Å². The SMILES string of the molecule is COC(=O)C(C)(C)c1cccn2c(C3(c4ccc(-c5ccc(C)cc5)cc4)CCC3)nnc12. The van der Waals surface area contributed by atoms with Gasteiger partial charge in [-0.1, -0.05) is 66.6 Å². The number of methoxy groups -OCH3 is 1. The Morgan fingerprint density at radius 1 is 0.970 bits per heavy atom. The molecule has 2 heterocycles. The highest BCUT2D eigenvalue weighted by molar-refractivity contribution is 5.84. The van der Waals surface area contributed by atoms with Crippen molar-refractivity contribution in [3.8, 4) is 11.1 Å². The fraction of sp³-hybridized carbons (Fsp3) is 0.321. The number of pyridine rings is 1. The lowest BCUT2D eigenvalue weighted by atomic mass is 9.63. The van der Waals surface area contributed by atoms with E-state index in [1.54, 1.807) is 0 Å². The molecule has 0 saturated heterocycles. The van der Waals surface area contributed by atoms with Crippen molar-refractivity contribution in [2.45, 2.75) is 50.9 Å². The molecule has 0 radical (unpaired) electrons. The summed E-state index contributed by atoms with van der Waals surface area (Å²) in [5, 5.41) is 9.23. The minimum Gasteiger partial charge on any atom is -0.468 e. The van der Waals surface area contributed by atoms with Crippen molar-refractivity contribution in [1.82, 2.24) is 14.6 Å². The Morgan fingerprint density at radius 3 is 2.18 bits per heavy atom. The third kappa shape index (κ3) is 3.34. The predicted molar refractivity (Wildman–Crippen MR) is 129 cm³/mol. The number of benzene rings is 2. The van der Waals surface area contributed by atoms with Gasteiger partial charge < -0.3 is 4.74 Å². The second-order valence-corrected chi connectivity index (χ2v) is 9.63. The third-order valence-corrected chi connectivity index (χ3v) is 7.26. The molecule has 5 heteroatoms. The van der Waals surface area contributed by atoms with Crippen molar-refractivity contribution >= 4 is 11.6 Å². The zero-order chi connectivity index (χ0) is 23.2. The third-order valence-electron chi connectivity index (χ3n) is 7.26. The zero-order valence-electron chi connectivity index (χ0n) is 19.6. The lowest BCUT2D eigenvalue weighted by molar-refractivity contribution is -0.146. The Hall–Kier alpha value is -3.47. The van der Waals surface area contributed by atoms with Gasteiger partial charge in [-0.25, -0.2) is 0 Å². The van der Waals surface area contributed by atoms with E-state index in [0.29, 0.717) is 5.65 Å². The maximum absolute atomic E-state index is 12.5. The Balaban J connectivity index is 1.57. The summed E-state index contributed by atoms with van der Waals surface area (Å²) >= 11 is 0. The first-order chi connectivity index (χ1) is 15.9. The molecule has 1 aliphatic rings. The highest BCUT2D eigenvalue weighted by atomic mass is 16.5. The van der Waals surface area contributed by atoms with E-state index in [4.69, 9.17) is 4.74 Å². The molecule has 0 amide bonds. The monoisotopic (exact) mass is 439 g/mol. The molecule has 33 heavy (non-hydrogen) atoms. The van der Waals surface area contributed by atoms with Crippen molar-refractivity contribution < 1.29 is 9.53 Å². The Morgan fingerprint density at radius 2 is 1.61 bits per heavy atom. The fourth-order valence-corrected chi connectivity index (χ4v) is 4.99. The summed E-state index contributed by atoms with van der Waals surface area (Å²) in [7, 11) is 1.42. The van der Waals surface area contributed by atoms with Crippen LogP contribution in [0.25, 0.3) is 16.8 Å². The summed E-state index contributed by atoms with van der Waals surface area (Å²) in [6.07, 6.45) is 5.22. The van der Waals surface area contributed by atoms with Crippen molar-refractivity contribution in [1.29, 1.82) is 0 Å². The molecule has 168 valence electrons. The average molecular weight is 440 g/mol. The Bertz CT molecular complexity index is 1310. The van der Waals surface area contributed by atoms with Crippen LogP contribution in [-0.2, 0) is 20.4 Å². The quantitative estimate of drug-likeness (QED) is 0.379. The van der Waals surface area contributed by atoms with Crippen LogP contribution < -0.4 is 0 Å². The van der Waals surface area contributed by atoms with Crippen LogP contribution in [0.4, 0.5) is 0 Å². The highest BCUT2D eigenvalue weighted by Crippen LogP contribution is 2.48. The molecule has 1 fully saturated rings. The number of aromatic nitrogens is 3. The molecular weight excluding hydrogens is 410 g/mol. The summed E-state index contributed by atoms with van der Waals surface area (Å²) in [4.78, 5) is 12.5. The topological polar surface area (TPSA) is 56.5 Å². The van der Waals surface area contributed by atoms with E-state index < -0.39 is 5.41 Å². The van der Waals surface area contributed by atoms with Crippen molar-refractivity contribution in [3.63, 3.8) is 0 Å². The van der Waals surface area contributed by atoms with Gasteiger partial charge in [-0.2, -0.15) is 0 Å². The van der Waals surface area contributed by atoms with Crippen LogP contribution in [0.5, 0.6) is 0 Å². The van der Waals surface area contributed by atoms with Gasteiger partial charge in [0.2, 0.25) is 0 Å². The molecule has 2 aromatic heterocycles. The molecule has 2 aromatic carbocycles. The minimum atomic E-state index is -0.815. The molecule has 5 rings (SSSR count). The van der Waals surface area contributed by atoms with Gasteiger partial charge in [-0.05, 0) is 56.4 Å². The van der Waals surface area contributed by atoms with E-state index in [9.17, 15) is 4.79 Å². The lowest BCUT2D eigenvalue weighted by Gasteiger charge is -2.41. The minimum absolute atomic E-state index is 0.167. The highest BCUT2D eigenvalue weighted by Gasteiger charge is 2.45. The van der Waals surface area contributed by atoms with Crippen molar-refractivity contribution in [3.05, 3.63) is 89.4 Å². The van der Waals surface area contributed by atoms with E-state index in [0.717, 1.165) is 30.7 Å². The summed E-state index contributed by atoms with van der Waals surface area (Å²) in [5.74, 6) is 0.652. The predicted octanol–water partition coefficient (Wildman–Crippen LogP) is 5.63. The zero-order valence-corrected chi connectivity index (χ0v) is 19.6. The van der Waals surface area contributed by atoms with Crippen molar-refractivity contribution in [2.24, 2.45) is 0 Å². The number of aryl methyl sites for hydroxylation is 1. The number of hydrogen-bond donors (Lipinski definition) is 0. The fourth-order valence-electron chi connectivity index (χ4n) is 4.99. The number of esters is 1. The van der Waals surface area contributed by atoms with Gasteiger partial charge >= 0.3 is 5.97 Å². The maximum atomic E-state index is 12.5. The normalized spacial score (nSPS) is 15.3. The van der Waals surface area contributed by atoms with E-state index >= 15 is 0 Å². The molecule has 0 N–H and O–H groups in total. The number of hydrogen-bond acceptors (Lipinski definition) is 4. The Kier molecular flexibility index (Phi) is 5.08.